The summed E-state index contributed by atoms with van der Waals surface area (Å²) in [6.07, 6.45) is 0.289. The number of hydrogen-bond acceptors (Lipinski definition) is 2. The molecule has 2 aromatic rings. The van der Waals surface area contributed by atoms with E-state index < -0.39 is 0 Å². The Bertz CT molecular complexity index is 720. The predicted molar refractivity (Wildman–Crippen MR) is 105 cm³/mol. The van der Waals surface area contributed by atoms with Crippen LogP contribution >= 0.6 is 0 Å². The fourth-order valence-electron chi connectivity index (χ4n) is 3.77. The van der Waals surface area contributed by atoms with Crippen LogP contribution in [-0.4, -0.2) is 11.7 Å². The van der Waals surface area contributed by atoms with Crippen molar-refractivity contribution in [2.24, 2.45) is 0 Å². The molecule has 0 saturated heterocycles. The summed E-state index contributed by atoms with van der Waals surface area (Å²) in [6.45, 7) is 16.0. The molecule has 2 nitrogen and oxygen atoms in total. The number of rotatable bonds is 1. The smallest absolute Gasteiger partial charge is 0.104 e. The zero-order chi connectivity index (χ0) is 17.7. The molecule has 1 heterocycles. The molecule has 3 rings (SSSR count). The quantitative estimate of drug-likeness (QED) is 0.627. The Morgan fingerprint density at radius 1 is 0.792 bits per heavy atom. The number of anilines is 3. The lowest BCUT2D eigenvalue weighted by molar-refractivity contribution is 0.468. The average molecular weight is 322 g/mol. The minimum Gasteiger partial charge on any atom is -0.345 e. The van der Waals surface area contributed by atoms with Crippen LogP contribution in [0.1, 0.15) is 54.0 Å². The minimum absolute atomic E-state index is 0.0637. The Balaban J connectivity index is 2.19. The van der Waals surface area contributed by atoms with E-state index in [1.807, 2.05) is 0 Å². The van der Waals surface area contributed by atoms with Gasteiger partial charge >= 0.3 is 0 Å². The van der Waals surface area contributed by atoms with Crippen LogP contribution in [0.2, 0.25) is 0 Å². The zero-order valence-electron chi connectivity index (χ0n) is 16.1. The van der Waals surface area contributed by atoms with Crippen molar-refractivity contribution in [3.63, 3.8) is 0 Å². The van der Waals surface area contributed by atoms with E-state index in [2.05, 4.69) is 107 Å². The molecule has 1 aliphatic heterocycles. The molecule has 0 bridgehead atoms. The van der Waals surface area contributed by atoms with Crippen molar-refractivity contribution in [2.45, 2.75) is 65.6 Å². The second-order valence-electron chi connectivity index (χ2n) is 8.83. The lowest BCUT2D eigenvalue weighted by atomic mass is 9.86. The standard InChI is InChI=1S/C22H30N2/c1-16-23(18-11-9-8-10-12-18)19-14-13-17(21(2,3)4)15-20(19)24(16)22(5,6)7/h8-16H,1-7H3/t16-/m0/s1. The van der Waals surface area contributed by atoms with Crippen molar-refractivity contribution in [3.8, 4) is 0 Å². The van der Waals surface area contributed by atoms with Gasteiger partial charge in [-0.25, -0.2) is 0 Å². The molecule has 128 valence electrons. The van der Waals surface area contributed by atoms with Gasteiger partial charge in [0.15, 0.2) is 0 Å². The Morgan fingerprint density at radius 2 is 1.42 bits per heavy atom. The van der Waals surface area contributed by atoms with Crippen LogP contribution in [0.4, 0.5) is 17.1 Å². The second-order valence-corrected chi connectivity index (χ2v) is 8.83. The summed E-state index contributed by atoms with van der Waals surface area (Å²) in [4.78, 5) is 5.00. The van der Waals surface area contributed by atoms with Crippen LogP contribution < -0.4 is 9.80 Å². The van der Waals surface area contributed by atoms with Gasteiger partial charge in [0.25, 0.3) is 0 Å². The molecule has 0 radical (unpaired) electrons. The summed E-state index contributed by atoms with van der Waals surface area (Å²) in [5, 5.41) is 0. The highest BCUT2D eigenvalue weighted by Gasteiger charge is 2.39. The van der Waals surface area contributed by atoms with E-state index in [4.69, 9.17) is 0 Å². The van der Waals surface area contributed by atoms with Gasteiger partial charge in [0.1, 0.15) is 6.17 Å². The van der Waals surface area contributed by atoms with Crippen LogP contribution in [0.3, 0.4) is 0 Å². The first-order valence-electron chi connectivity index (χ1n) is 8.89. The van der Waals surface area contributed by atoms with E-state index in [0.717, 1.165) is 0 Å². The van der Waals surface area contributed by atoms with Crippen molar-refractivity contribution in [2.75, 3.05) is 9.80 Å². The maximum atomic E-state index is 2.55. The molecule has 0 saturated carbocycles. The van der Waals surface area contributed by atoms with Gasteiger partial charge in [0, 0.05) is 11.2 Å². The van der Waals surface area contributed by atoms with Crippen LogP contribution in [0, 0.1) is 0 Å². The minimum atomic E-state index is 0.0637. The summed E-state index contributed by atoms with van der Waals surface area (Å²) in [5.74, 6) is 0. The summed E-state index contributed by atoms with van der Waals surface area (Å²) in [7, 11) is 0. The van der Waals surface area contributed by atoms with Crippen molar-refractivity contribution in [3.05, 3.63) is 54.1 Å². The third-order valence-corrected chi connectivity index (χ3v) is 4.86. The van der Waals surface area contributed by atoms with Crippen molar-refractivity contribution >= 4 is 17.1 Å². The van der Waals surface area contributed by atoms with Gasteiger partial charge in [0.05, 0.1) is 11.4 Å². The average Bonchev–Trinajstić information content (AvgIpc) is 2.78. The van der Waals surface area contributed by atoms with Gasteiger partial charge in [-0.3, -0.25) is 0 Å². The molecular formula is C22H30N2. The lowest BCUT2D eigenvalue weighted by Crippen LogP contribution is -2.49. The van der Waals surface area contributed by atoms with E-state index in [0.29, 0.717) is 0 Å². The first-order chi connectivity index (χ1) is 11.1. The Kier molecular flexibility index (Phi) is 3.90. The van der Waals surface area contributed by atoms with Gasteiger partial charge in [-0.1, -0.05) is 45.0 Å². The van der Waals surface area contributed by atoms with Crippen molar-refractivity contribution < 1.29 is 0 Å². The highest BCUT2D eigenvalue weighted by molar-refractivity contribution is 5.85. The Morgan fingerprint density at radius 3 is 1.96 bits per heavy atom. The fourth-order valence-corrected chi connectivity index (χ4v) is 3.77. The van der Waals surface area contributed by atoms with E-state index in [9.17, 15) is 0 Å². The summed E-state index contributed by atoms with van der Waals surface area (Å²) in [6, 6.07) is 17.7. The lowest BCUT2D eigenvalue weighted by Gasteiger charge is -2.40. The van der Waals surface area contributed by atoms with Crippen LogP contribution in [0.5, 0.6) is 0 Å². The Labute approximate surface area is 147 Å². The first-order valence-corrected chi connectivity index (χ1v) is 8.89. The topological polar surface area (TPSA) is 6.48 Å². The highest BCUT2D eigenvalue weighted by atomic mass is 15.4. The van der Waals surface area contributed by atoms with Gasteiger partial charge in [0.2, 0.25) is 0 Å². The Hall–Kier alpha value is -1.96. The summed E-state index contributed by atoms with van der Waals surface area (Å²) < 4.78 is 0. The highest BCUT2D eigenvalue weighted by Crippen LogP contribution is 2.48. The maximum absolute atomic E-state index is 2.55. The number of nitrogens with zero attached hydrogens (tertiary/aromatic N) is 2. The van der Waals surface area contributed by atoms with E-state index in [-0.39, 0.29) is 17.1 Å². The molecular weight excluding hydrogens is 292 g/mol. The predicted octanol–water partition coefficient (Wildman–Crippen LogP) is 6.09. The van der Waals surface area contributed by atoms with Gasteiger partial charge in [-0.2, -0.15) is 0 Å². The van der Waals surface area contributed by atoms with Crippen molar-refractivity contribution in [1.29, 1.82) is 0 Å². The molecule has 0 spiro atoms. The SMILES string of the molecule is C[C@H]1N(c2ccccc2)c2ccc(C(C)(C)C)cc2N1C(C)(C)C. The number of hydrogen-bond donors (Lipinski definition) is 0. The molecule has 24 heavy (non-hydrogen) atoms. The number of fused-ring (bicyclic) bond motifs is 1. The van der Waals surface area contributed by atoms with Crippen molar-refractivity contribution in [1.82, 2.24) is 0 Å². The van der Waals surface area contributed by atoms with E-state index in [1.165, 1.54) is 22.6 Å². The van der Waals surface area contributed by atoms with Crippen LogP contribution in [0.25, 0.3) is 0 Å². The molecule has 0 aliphatic carbocycles. The maximum Gasteiger partial charge on any atom is 0.104 e. The molecule has 2 heteroatoms. The van der Waals surface area contributed by atoms with Crippen LogP contribution in [0.15, 0.2) is 48.5 Å². The summed E-state index contributed by atoms with van der Waals surface area (Å²) >= 11 is 0. The fraction of sp³-hybridized carbons (Fsp3) is 0.455. The van der Waals surface area contributed by atoms with E-state index >= 15 is 0 Å². The molecule has 0 N–H and O–H groups in total. The van der Waals surface area contributed by atoms with Gasteiger partial charge in [-0.15, -0.1) is 0 Å². The zero-order valence-corrected chi connectivity index (χ0v) is 16.1. The molecule has 0 unspecified atom stereocenters. The molecule has 1 atom stereocenters. The molecule has 0 fully saturated rings. The van der Waals surface area contributed by atoms with E-state index in [1.54, 1.807) is 0 Å². The third-order valence-electron chi connectivity index (χ3n) is 4.86. The monoisotopic (exact) mass is 322 g/mol. The largest absolute Gasteiger partial charge is 0.345 e. The summed E-state index contributed by atoms with van der Waals surface area (Å²) in [5.41, 5.74) is 5.50. The van der Waals surface area contributed by atoms with Gasteiger partial charge in [-0.05, 0) is 62.9 Å². The number of para-hydroxylation sites is 1. The van der Waals surface area contributed by atoms with Gasteiger partial charge < -0.3 is 9.80 Å². The normalized spacial score (nSPS) is 18.0. The molecule has 1 aliphatic rings. The third kappa shape index (κ3) is 2.79. The molecule has 0 amide bonds. The molecule has 2 aromatic carbocycles. The first kappa shape index (κ1) is 16.9. The number of benzene rings is 2. The second kappa shape index (κ2) is 5.54. The van der Waals surface area contributed by atoms with Crippen LogP contribution in [-0.2, 0) is 5.41 Å². The molecule has 0 aromatic heterocycles.